The Hall–Kier alpha value is -1.18. The molecule has 0 saturated carbocycles. The summed E-state index contributed by atoms with van der Waals surface area (Å²) >= 11 is 0. The molecule has 0 bridgehead atoms. The number of carbonyl (C=O) groups is 2. The lowest BCUT2D eigenvalue weighted by molar-refractivity contribution is -0.259. The monoisotopic (exact) mass is 766 g/mol. The molecule has 54 heavy (non-hydrogen) atoms. The lowest BCUT2D eigenvalue weighted by atomic mass is 9.97. The third-order valence-electron chi connectivity index (χ3n) is 11.4. The van der Waals surface area contributed by atoms with Crippen molar-refractivity contribution >= 4 is 11.9 Å². The van der Waals surface area contributed by atoms with E-state index in [0.29, 0.717) is 26.0 Å². The number of carbonyl (C=O) groups excluding carboxylic acids is 2. The maximum atomic E-state index is 13.7. The van der Waals surface area contributed by atoms with Gasteiger partial charge in [-0.1, -0.05) is 188 Å². The van der Waals surface area contributed by atoms with Crippen LogP contribution in [0.1, 0.15) is 252 Å². The first kappa shape index (κ1) is 50.8. The van der Waals surface area contributed by atoms with Gasteiger partial charge in [0.1, 0.15) is 6.04 Å². The van der Waals surface area contributed by atoms with Crippen molar-refractivity contribution in [2.45, 2.75) is 276 Å². The van der Waals surface area contributed by atoms with Gasteiger partial charge in [-0.25, -0.2) is 0 Å². The summed E-state index contributed by atoms with van der Waals surface area (Å²) in [5.74, 6) is -1.16. The van der Waals surface area contributed by atoms with Crippen LogP contribution < -0.4 is 5.32 Å². The van der Waals surface area contributed by atoms with E-state index in [1.807, 2.05) is 0 Å². The highest BCUT2D eigenvalue weighted by Crippen LogP contribution is 2.34. The Morgan fingerprint density at radius 2 is 1.02 bits per heavy atom. The molecule has 1 rings (SSSR count). The van der Waals surface area contributed by atoms with E-state index in [1.54, 1.807) is 0 Å². The largest absolute Gasteiger partial charge is 0.465 e. The summed E-state index contributed by atoms with van der Waals surface area (Å²) in [7, 11) is 0. The van der Waals surface area contributed by atoms with Gasteiger partial charge in [0, 0.05) is 32.2 Å². The Bertz CT molecular complexity index is 820. The minimum Gasteiger partial charge on any atom is -0.465 e. The van der Waals surface area contributed by atoms with Crippen LogP contribution in [0.2, 0.25) is 0 Å². The smallest absolute Gasteiger partial charge is 0.323 e. The van der Waals surface area contributed by atoms with Crippen molar-refractivity contribution in [3.63, 3.8) is 0 Å². The molecule has 1 aliphatic heterocycles. The van der Waals surface area contributed by atoms with Crippen molar-refractivity contribution in [3.8, 4) is 0 Å². The summed E-state index contributed by atoms with van der Waals surface area (Å²) < 4.78 is 19.3. The maximum Gasteiger partial charge on any atom is 0.323 e. The van der Waals surface area contributed by atoms with Gasteiger partial charge in [0.2, 0.25) is 5.79 Å². The second-order valence-electron chi connectivity index (χ2n) is 16.8. The molecule has 1 heterocycles. The van der Waals surface area contributed by atoms with Gasteiger partial charge < -0.3 is 24.6 Å². The fraction of sp³-hybridized carbons (Fsp3) is 0.957. The number of aliphatic hydroxyl groups is 1. The molecular formula is C47H91NO6. The number of rotatable bonds is 40. The number of nitrogens with one attached hydrogen (secondary N) is 1. The number of hydrogen-bond donors (Lipinski definition) is 2. The number of hydrogen-bond acceptors (Lipinski definition) is 7. The van der Waals surface area contributed by atoms with Gasteiger partial charge in [0.05, 0.1) is 18.8 Å². The molecule has 0 aromatic heterocycles. The van der Waals surface area contributed by atoms with Crippen LogP contribution in [0.15, 0.2) is 0 Å². The molecule has 1 aliphatic rings. The molecule has 0 aromatic rings. The van der Waals surface area contributed by atoms with Gasteiger partial charge >= 0.3 is 11.9 Å². The number of β-amino-alcohol motifs (C(OH)–C–C–N with tert-alkyl or cyclic N) is 1. The second-order valence-corrected chi connectivity index (χ2v) is 16.8. The van der Waals surface area contributed by atoms with Crippen molar-refractivity contribution in [2.24, 2.45) is 0 Å². The van der Waals surface area contributed by atoms with Crippen molar-refractivity contribution < 1.29 is 28.9 Å². The van der Waals surface area contributed by atoms with Gasteiger partial charge in [0.15, 0.2) is 0 Å². The van der Waals surface area contributed by atoms with Crippen molar-refractivity contribution in [3.05, 3.63) is 0 Å². The van der Waals surface area contributed by atoms with Crippen LogP contribution in [-0.4, -0.2) is 54.2 Å². The van der Waals surface area contributed by atoms with E-state index >= 15 is 0 Å². The average Bonchev–Trinajstić information content (AvgIpc) is 3.61. The van der Waals surface area contributed by atoms with Gasteiger partial charge in [0.25, 0.3) is 0 Å². The molecule has 320 valence electrons. The van der Waals surface area contributed by atoms with Crippen LogP contribution in [-0.2, 0) is 23.8 Å². The van der Waals surface area contributed by atoms with E-state index < -0.39 is 11.9 Å². The summed E-state index contributed by atoms with van der Waals surface area (Å²) in [6, 6.07) is -0.384. The predicted molar refractivity (Wildman–Crippen MR) is 227 cm³/mol. The normalized spacial score (nSPS) is 16.0. The van der Waals surface area contributed by atoms with Gasteiger partial charge in [-0.2, -0.15) is 0 Å². The van der Waals surface area contributed by atoms with Crippen LogP contribution >= 0.6 is 0 Å². The zero-order valence-electron chi connectivity index (χ0n) is 36.4. The third-order valence-corrected chi connectivity index (χ3v) is 11.4. The lowest BCUT2D eigenvalue weighted by Crippen LogP contribution is -2.42. The molecule has 0 unspecified atom stereocenters. The Labute approximate surface area is 335 Å². The van der Waals surface area contributed by atoms with Crippen molar-refractivity contribution in [1.82, 2.24) is 5.32 Å². The Morgan fingerprint density at radius 3 is 1.48 bits per heavy atom. The zero-order valence-corrected chi connectivity index (χ0v) is 36.4. The first-order chi connectivity index (χ1) is 26.4. The van der Waals surface area contributed by atoms with Gasteiger partial charge in [-0.3, -0.25) is 9.59 Å². The number of aliphatic hydroxyl groups excluding tert-OH is 1. The fourth-order valence-electron chi connectivity index (χ4n) is 7.92. The minimum atomic E-state index is -0.810. The third kappa shape index (κ3) is 28.3. The van der Waals surface area contributed by atoms with Crippen LogP contribution in [0.25, 0.3) is 0 Å². The lowest BCUT2D eigenvalue weighted by Gasteiger charge is -2.37. The average molecular weight is 766 g/mol. The van der Waals surface area contributed by atoms with Crippen LogP contribution in [0, 0.1) is 0 Å². The molecule has 0 radical (unpaired) electrons. The number of unbranched alkanes of at least 4 members (excludes halogenated alkanes) is 24. The Morgan fingerprint density at radius 1 is 0.593 bits per heavy atom. The Balaban J connectivity index is 2.88. The van der Waals surface area contributed by atoms with Crippen molar-refractivity contribution in [1.29, 1.82) is 0 Å². The first-order valence-electron chi connectivity index (χ1n) is 23.9. The SMILES string of the molecule is CCCCCCCCC(CCCCCCCC)OC(CCCCCCCC)(CCCCCCCC)OC(=O)CCCCCCCOC(=O)[C@@H]1C[C@H](O)CN1. The van der Waals surface area contributed by atoms with Crippen LogP contribution in [0.4, 0.5) is 0 Å². The number of esters is 2. The molecule has 2 N–H and O–H groups in total. The van der Waals surface area contributed by atoms with E-state index in [-0.39, 0.29) is 24.1 Å². The van der Waals surface area contributed by atoms with E-state index in [2.05, 4.69) is 33.0 Å². The molecule has 0 spiro atoms. The molecule has 7 nitrogen and oxygen atoms in total. The molecular weight excluding hydrogens is 675 g/mol. The van der Waals surface area contributed by atoms with E-state index in [4.69, 9.17) is 14.2 Å². The van der Waals surface area contributed by atoms with Crippen molar-refractivity contribution in [2.75, 3.05) is 13.2 Å². The summed E-state index contributed by atoms with van der Waals surface area (Å²) in [4.78, 5) is 25.9. The minimum absolute atomic E-state index is 0.0926. The molecule has 1 saturated heterocycles. The fourth-order valence-corrected chi connectivity index (χ4v) is 7.92. The molecule has 1 fully saturated rings. The summed E-state index contributed by atoms with van der Waals surface area (Å²) in [5.41, 5.74) is 0. The summed E-state index contributed by atoms with van der Waals surface area (Å²) in [6.45, 7) is 9.96. The standard InChI is InChI=1S/C47H91NO6/c1-5-9-13-17-22-28-34-43(35-29-23-18-14-10-6-2)53-47(37-31-25-19-15-11-7-3,38-32-26-20-16-12-8-4)54-45(50)36-30-24-21-27-33-39-52-46(51)44-40-42(49)41-48-44/h42-44,48-49H,5-41H2,1-4H3/t42-,44-/m0/s1. The van der Waals surface area contributed by atoms with E-state index in [0.717, 1.165) is 70.6 Å². The molecule has 2 atom stereocenters. The maximum absolute atomic E-state index is 13.7. The number of ether oxygens (including phenoxy) is 3. The summed E-state index contributed by atoms with van der Waals surface area (Å²) in [6.07, 6.45) is 38.9. The summed E-state index contributed by atoms with van der Waals surface area (Å²) in [5, 5.41) is 12.7. The van der Waals surface area contributed by atoms with Gasteiger partial charge in [-0.05, 0) is 38.5 Å². The molecule has 7 heteroatoms. The highest BCUT2D eigenvalue weighted by molar-refractivity contribution is 5.76. The predicted octanol–water partition coefficient (Wildman–Crippen LogP) is 13.2. The molecule has 0 aromatic carbocycles. The van der Waals surface area contributed by atoms with Gasteiger partial charge in [-0.15, -0.1) is 0 Å². The highest BCUT2D eigenvalue weighted by atomic mass is 16.7. The van der Waals surface area contributed by atoms with E-state index in [9.17, 15) is 14.7 Å². The molecule has 0 amide bonds. The van der Waals surface area contributed by atoms with Crippen LogP contribution in [0.3, 0.4) is 0 Å². The quantitative estimate of drug-likeness (QED) is 0.0364. The van der Waals surface area contributed by atoms with E-state index in [1.165, 1.54) is 141 Å². The topological polar surface area (TPSA) is 94.1 Å². The van der Waals surface area contributed by atoms with Crippen LogP contribution in [0.5, 0.6) is 0 Å². The zero-order chi connectivity index (χ0) is 39.4. The Kier molecular flexibility index (Phi) is 34.1. The first-order valence-corrected chi connectivity index (χ1v) is 23.9. The second kappa shape index (κ2) is 36.2. The highest BCUT2D eigenvalue weighted by Gasteiger charge is 2.37. The molecule has 0 aliphatic carbocycles.